The summed E-state index contributed by atoms with van der Waals surface area (Å²) in [5.74, 6) is -0.539. The van der Waals surface area contributed by atoms with Crippen molar-refractivity contribution >= 4 is 44.7 Å². The molecule has 1 aromatic heterocycles. The molecule has 12 heteroatoms. The SMILES string of the molecule is CCOc1cc(C=Nn2c(C)nc3ccc(Br)cc3c2=O)cc([N+](=O)[O-])c1OCC(=O)OC. The topological polar surface area (TPSA) is 135 Å². The monoisotopic (exact) mass is 518 g/mol. The minimum atomic E-state index is -0.706. The Labute approximate surface area is 195 Å². The van der Waals surface area contributed by atoms with E-state index in [1.807, 2.05) is 0 Å². The van der Waals surface area contributed by atoms with Gasteiger partial charge in [0.2, 0.25) is 5.75 Å². The highest BCUT2D eigenvalue weighted by atomic mass is 79.9. The molecule has 0 saturated heterocycles. The van der Waals surface area contributed by atoms with Crippen LogP contribution in [-0.4, -0.2) is 47.1 Å². The Hall–Kier alpha value is -3.80. The normalized spacial score (nSPS) is 11.0. The molecule has 2 aromatic carbocycles. The summed E-state index contributed by atoms with van der Waals surface area (Å²) in [5.41, 5.74) is -0.0340. The lowest BCUT2D eigenvalue weighted by molar-refractivity contribution is -0.385. The number of nitro groups is 1. The highest BCUT2D eigenvalue weighted by molar-refractivity contribution is 9.10. The molecule has 172 valence electrons. The number of nitrogens with zero attached hydrogens (tertiary/aromatic N) is 4. The minimum absolute atomic E-state index is 0.0432. The first-order valence-electron chi connectivity index (χ1n) is 9.63. The van der Waals surface area contributed by atoms with E-state index in [1.54, 1.807) is 32.0 Å². The summed E-state index contributed by atoms with van der Waals surface area (Å²) in [5, 5.41) is 16.2. The summed E-state index contributed by atoms with van der Waals surface area (Å²) in [6.07, 6.45) is 1.28. The number of rotatable bonds is 8. The van der Waals surface area contributed by atoms with Crippen LogP contribution in [0.2, 0.25) is 0 Å². The van der Waals surface area contributed by atoms with Crippen LogP contribution in [0.3, 0.4) is 0 Å². The number of nitro benzene ring substituents is 1. The van der Waals surface area contributed by atoms with E-state index >= 15 is 0 Å². The van der Waals surface area contributed by atoms with Crippen LogP contribution < -0.4 is 15.0 Å². The molecule has 3 rings (SSSR count). The standard InChI is InChI=1S/C21H19BrN4O7/c1-4-32-18-8-13(7-17(26(29)30)20(18)33-11-19(27)31-3)10-23-25-12(2)24-16-6-5-14(22)9-15(16)21(25)28/h5-10H,4,11H2,1-3H3. The van der Waals surface area contributed by atoms with E-state index in [9.17, 15) is 19.7 Å². The largest absolute Gasteiger partial charge is 0.490 e. The van der Waals surface area contributed by atoms with Crippen LogP contribution in [0, 0.1) is 17.0 Å². The van der Waals surface area contributed by atoms with Gasteiger partial charge in [0.1, 0.15) is 5.82 Å². The number of hydrogen-bond donors (Lipinski definition) is 0. The molecule has 3 aromatic rings. The summed E-state index contributed by atoms with van der Waals surface area (Å²) in [6, 6.07) is 7.79. The minimum Gasteiger partial charge on any atom is -0.490 e. The molecule has 0 unspecified atom stereocenters. The van der Waals surface area contributed by atoms with Crippen LogP contribution in [0.25, 0.3) is 10.9 Å². The average Bonchev–Trinajstić information content (AvgIpc) is 2.78. The number of hydrogen-bond acceptors (Lipinski definition) is 9. The van der Waals surface area contributed by atoms with E-state index in [2.05, 4.69) is 30.8 Å². The molecule has 0 aliphatic heterocycles. The van der Waals surface area contributed by atoms with Crippen LogP contribution in [0.4, 0.5) is 5.69 Å². The molecule has 0 bridgehead atoms. The fraction of sp³-hybridized carbons (Fsp3) is 0.238. The second-order valence-electron chi connectivity index (χ2n) is 6.60. The van der Waals surface area contributed by atoms with E-state index in [1.165, 1.54) is 25.5 Å². The van der Waals surface area contributed by atoms with Gasteiger partial charge in [-0.25, -0.2) is 9.78 Å². The van der Waals surface area contributed by atoms with Crippen LogP contribution >= 0.6 is 15.9 Å². The molecule has 0 N–H and O–H groups in total. The first-order valence-corrected chi connectivity index (χ1v) is 10.4. The van der Waals surface area contributed by atoms with Crippen molar-refractivity contribution < 1.29 is 23.9 Å². The molecule has 0 spiro atoms. The molecular weight excluding hydrogens is 500 g/mol. The number of benzene rings is 2. The predicted molar refractivity (Wildman–Crippen MR) is 123 cm³/mol. The third-order valence-electron chi connectivity index (χ3n) is 4.41. The van der Waals surface area contributed by atoms with Gasteiger partial charge in [0.05, 0.1) is 35.8 Å². The van der Waals surface area contributed by atoms with Gasteiger partial charge in [-0.05, 0) is 38.1 Å². The zero-order chi connectivity index (χ0) is 24.1. The Balaban J connectivity index is 2.07. The van der Waals surface area contributed by atoms with Crippen LogP contribution in [0.5, 0.6) is 11.5 Å². The smallest absolute Gasteiger partial charge is 0.343 e. The Kier molecular flexibility index (Phi) is 7.38. The Morgan fingerprint density at radius 2 is 2.06 bits per heavy atom. The Morgan fingerprint density at radius 3 is 2.73 bits per heavy atom. The zero-order valence-corrected chi connectivity index (χ0v) is 19.5. The lowest BCUT2D eigenvalue weighted by atomic mass is 10.2. The summed E-state index contributed by atoms with van der Waals surface area (Å²) < 4.78 is 17.1. The third kappa shape index (κ3) is 5.34. The predicted octanol–water partition coefficient (Wildman–Crippen LogP) is 3.21. The van der Waals surface area contributed by atoms with Gasteiger partial charge in [-0.15, -0.1) is 0 Å². The van der Waals surface area contributed by atoms with Crippen molar-refractivity contribution in [3.8, 4) is 11.5 Å². The number of aryl methyl sites for hydroxylation is 1. The van der Waals surface area contributed by atoms with Crippen molar-refractivity contribution in [3.05, 3.63) is 66.7 Å². The summed E-state index contributed by atoms with van der Waals surface area (Å²) >= 11 is 3.33. The van der Waals surface area contributed by atoms with Crippen molar-refractivity contribution in [1.82, 2.24) is 9.66 Å². The van der Waals surface area contributed by atoms with Crippen molar-refractivity contribution in [1.29, 1.82) is 0 Å². The molecule has 11 nitrogen and oxygen atoms in total. The van der Waals surface area contributed by atoms with E-state index < -0.39 is 28.7 Å². The number of fused-ring (bicyclic) bond motifs is 1. The van der Waals surface area contributed by atoms with Crippen molar-refractivity contribution in [3.63, 3.8) is 0 Å². The number of carbonyl (C=O) groups excluding carboxylic acids is 1. The second kappa shape index (κ2) is 10.2. The van der Waals surface area contributed by atoms with Gasteiger partial charge in [-0.3, -0.25) is 14.9 Å². The van der Waals surface area contributed by atoms with E-state index in [4.69, 9.17) is 9.47 Å². The Bertz CT molecular complexity index is 1320. The maximum atomic E-state index is 12.9. The van der Waals surface area contributed by atoms with Gasteiger partial charge in [0, 0.05) is 16.1 Å². The van der Waals surface area contributed by atoms with E-state index in [0.29, 0.717) is 21.2 Å². The molecule has 0 amide bonds. The Morgan fingerprint density at radius 1 is 1.30 bits per heavy atom. The third-order valence-corrected chi connectivity index (χ3v) is 4.90. The quantitative estimate of drug-likeness (QED) is 0.192. The van der Waals surface area contributed by atoms with Gasteiger partial charge in [-0.1, -0.05) is 15.9 Å². The first-order chi connectivity index (χ1) is 15.7. The number of esters is 1. The molecule has 1 heterocycles. The summed E-state index contributed by atoms with van der Waals surface area (Å²) in [7, 11) is 1.17. The van der Waals surface area contributed by atoms with Crippen molar-refractivity contribution in [2.45, 2.75) is 13.8 Å². The summed E-state index contributed by atoms with van der Waals surface area (Å²) in [4.78, 5) is 39.7. The molecule has 0 fully saturated rings. The van der Waals surface area contributed by atoms with Crippen molar-refractivity contribution in [2.24, 2.45) is 5.10 Å². The van der Waals surface area contributed by atoms with Gasteiger partial charge < -0.3 is 14.2 Å². The van der Waals surface area contributed by atoms with E-state index in [0.717, 1.165) is 4.68 Å². The number of aromatic nitrogens is 2. The fourth-order valence-electron chi connectivity index (χ4n) is 2.94. The maximum absolute atomic E-state index is 12.9. The highest BCUT2D eigenvalue weighted by Gasteiger charge is 2.23. The lowest BCUT2D eigenvalue weighted by Gasteiger charge is -2.12. The average molecular weight is 519 g/mol. The van der Waals surface area contributed by atoms with Crippen molar-refractivity contribution in [2.75, 3.05) is 20.3 Å². The van der Waals surface area contributed by atoms with Gasteiger partial charge in [-0.2, -0.15) is 9.78 Å². The summed E-state index contributed by atoms with van der Waals surface area (Å²) in [6.45, 7) is 2.97. The van der Waals surface area contributed by atoms with Crippen LogP contribution in [0.1, 0.15) is 18.3 Å². The number of halogens is 1. The maximum Gasteiger partial charge on any atom is 0.343 e. The highest BCUT2D eigenvalue weighted by Crippen LogP contribution is 2.38. The molecular formula is C21H19BrN4O7. The van der Waals surface area contributed by atoms with Gasteiger partial charge in [0.15, 0.2) is 12.4 Å². The molecule has 33 heavy (non-hydrogen) atoms. The van der Waals surface area contributed by atoms with Gasteiger partial charge in [0.25, 0.3) is 5.56 Å². The van der Waals surface area contributed by atoms with Crippen LogP contribution in [0.15, 0.2) is 44.7 Å². The second-order valence-corrected chi connectivity index (χ2v) is 7.52. The zero-order valence-electron chi connectivity index (χ0n) is 17.9. The van der Waals surface area contributed by atoms with Crippen LogP contribution in [-0.2, 0) is 9.53 Å². The molecule has 0 aliphatic rings. The van der Waals surface area contributed by atoms with Gasteiger partial charge >= 0.3 is 11.7 Å². The fourth-order valence-corrected chi connectivity index (χ4v) is 3.30. The molecule has 0 atom stereocenters. The van der Waals surface area contributed by atoms with E-state index in [-0.39, 0.29) is 23.7 Å². The number of methoxy groups -OCH3 is 1. The number of ether oxygens (including phenoxy) is 3. The lowest BCUT2D eigenvalue weighted by Crippen LogP contribution is -2.20. The molecule has 0 radical (unpaired) electrons. The number of carbonyl (C=O) groups is 1. The molecule has 0 saturated carbocycles. The molecule has 0 aliphatic carbocycles. The first kappa shape index (κ1) is 23.9.